The molecule has 3 nitrogen and oxygen atoms in total. The lowest BCUT2D eigenvalue weighted by atomic mass is 10.1. The quantitative estimate of drug-likeness (QED) is 0.774. The fraction of sp³-hybridized carbons (Fsp3) is 1.00. The Hall–Kier alpha value is -0.120. The molecule has 2 rings (SSSR count). The highest BCUT2D eigenvalue weighted by atomic mass is 15.3. The van der Waals surface area contributed by atoms with Gasteiger partial charge < -0.3 is 5.32 Å². The molecule has 0 amide bonds. The third kappa shape index (κ3) is 2.76. The first-order valence-corrected chi connectivity index (χ1v) is 6.86. The Morgan fingerprint density at radius 1 is 1.38 bits per heavy atom. The first-order chi connectivity index (χ1) is 7.70. The third-order valence-corrected chi connectivity index (χ3v) is 4.41. The molecule has 0 aromatic carbocycles. The van der Waals surface area contributed by atoms with Crippen molar-refractivity contribution in [2.24, 2.45) is 0 Å². The third-order valence-electron chi connectivity index (χ3n) is 4.41. The average molecular weight is 225 g/mol. The zero-order valence-electron chi connectivity index (χ0n) is 11.1. The Morgan fingerprint density at radius 3 is 2.94 bits per heavy atom. The molecule has 94 valence electrons. The molecule has 0 aromatic heterocycles. The van der Waals surface area contributed by atoms with E-state index < -0.39 is 0 Å². The summed E-state index contributed by atoms with van der Waals surface area (Å²) < 4.78 is 0. The molecular weight excluding hydrogens is 198 g/mol. The van der Waals surface area contributed by atoms with E-state index in [9.17, 15) is 0 Å². The molecule has 0 aliphatic carbocycles. The Kier molecular flexibility index (Phi) is 4.22. The summed E-state index contributed by atoms with van der Waals surface area (Å²) in [5.74, 6) is 0. The molecule has 0 aromatic rings. The van der Waals surface area contributed by atoms with Crippen molar-refractivity contribution in [1.29, 1.82) is 0 Å². The summed E-state index contributed by atoms with van der Waals surface area (Å²) in [6.45, 7) is 9.86. The molecule has 2 saturated heterocycles. The number of fused-ring (bicyclic) bond motifs is 1. The number of hydrogen-bond acceptors (Lipinski definition) is 3. The molecule has 0 radical (unpaired) electrons. The molecule has 2 heterocycles. The monoisotopic (exact) mass is 225 g/mol. The lowest BCUT2D eigenvalue weighted by Crippen LogP contribution is -2.55. The number of nitrogens with one attached hydrogen (secondary N) is 1. The summed E-state index contributed by atoms with van der Waals surface area (Å²) in [7, 11) is 2.06. The van der Waals surface area contributed by atoms with E-state index in [-0.39, 0.29) is 0 Å². The largest absolute Gasteiger partial charge is 0.317 e. The Balaban J connectivity index is 1.80. The summed E-state index contributed by atoms with van der Waals surface area (Å²) in [6.07, 6.45) is 4.11. The van der Waals surface area contributed by atoms with E-state index in [1.165, 1.54) is 45.4 Å². The van der Waals surface area contributed by atoms with Crippen LogP contribution in [0, 0.1) is 0 Å². The summed E-state index contributed by atoms with van der Waals surface area (Å²) in [5.41, 5.74) is 0. The van der Waals surface area contributed by atoms with Crippen LogP contribution in [0.4, 0.5) is 0 Å². The first-order valence-electron chi connectivity index (χ1n) is 6.86. The van der Waals surface area contributed by atoms with Crippen molar-refractivity contribution < 1.29 is 0 Å². The maximum atomic E-state index is 3.33. The van der Waals surface area contributed by atoms with Crippen molar-refractivity contribution in [2.75, 3.05) is 33.2 Å². The molecule has 0 bridgehead atoms. The molecule has 3 heteroatoms. The molecule has 2 fully saturated rings. The smallest absolute Gasteiger partial charge is 0.0224 e. The van der Waals surface area contributed by atoms with Crippen LogP contribution < -0.4 is 5.32 Å². The topological polar surface area (TPSA) is 18.5 Å². The van der Waals surface area contributed by atoms with Gasteiger partial charge in [0.2, 0.25) is 0 Å². The van der Waals surface area contributed by atoms with Gasteiger partial charge in [0.15, 0.2) is 0 Å². The highest BCUT2D eigenvalue weighted by molar-refractivity contribution is 4.90. The fourth-order valence-corrected chi connectivity index (χ4v) is 3.06. The van der Waals surface area contributed by atoms with Gasteiger partial charge >= 0.3 is 0 Å². The molecule has 3 atom stereocenters. The number of rotatable bonds is 4. The second kappa shape index (κ2) is 5.48. The highest BCUT2D eigenvalue weighted by Gasteiger charge is 2.33. The van der Waals surface area contributed by atoms with Crippen LogP contribution in [0.15, 0.2) is 0 Å². The number of piperazine rings is 1. The van der Waals surface area contributed by atoms with Gasteiger partial charge in [0.05, 0.1) is 0 Å². The summed E-state index contributed by atoms with van der Waals surface area (Å²) >= 11 is 0. The molecule has 0 spiro atoms. The van der Waals surface area contributed by atoms with Crippen LogP contribution in [0.25, 0.3) is 0 Å². The van der Waals surface area contributed by atoms with Crippen LogP contribution in [0.3, 0.4) is 0 Å². The zero-order chi connectivity index (χ0) is 11.5. The van der Waals surface area contributed by atoms with Crippen LogP contribution in [-0.2, 0) is 0 Å². The van der Waals surface area contributed by atoms with E-state index in [0.29, 0.717) is 6.04 Å². The van der Waals surface area contributed by atoms with Crippen LogP contribution >= 0.6 is 0 Å². The van der Waals surface area contributed by atoms with Crippen LogP contribution in [-0.4, -0.2) is 61.2 Å². The Labute approximate surface area is 100 Å². The second-order valence-corrected chi connectivity index (χ2v) is 5.61. The number of nitrogens with zero attached hydrogens (tertiary/aromatic N) is 2. The SMILES string of the molecule is CNC(C)CCN1CC2CCCN2CC1C. The predicted octanol–water partition coefficient (Wildman–Crippen LogP) is 1.15. The fourth-order valence-electron chi connectivity index (χ4n) is 3.06. The first kappa shape index (κ1) is 12.3. The molecule has 1 N–H and O–H groups in total. The zero-order valence-corrected chi connectivity index (χ0v) is 11.1. The van der Waals surface area contributed by atoms with Gasteiger partial charge in [-0.25, -0.2) is 0 Å². The predicted molar refractivity (Wildman–Crippen MR) is 68.8 cm³/mol. The van der Waals surface area contributed by atoms with Gasteiger partial charge in [-0.15, -0.1) is 0 Å². The van der Waals surface area contributed by atoms with E-state index >= 15 is 0 Å². The van der Waals surface area contributed by atoms with Crippen molar-refractivity contribution >= 4 is 0 Å². The van der Waals surface area contributed by atoms with Crippen LogP contribution in [0.2, 0.25) is 0 Å². The minimum atomic E-state index is 0.647. The molecule has 16 heavy (non-hydrogen) atoms. The van der Waals surface area contributed by atoms with Crippen LogP contribution in [0.1, 0.15) is 33.1 Å². The van der Waals surface area contributed by atoms with Gasteiger partial charge in [-0.2, -0.15) is 0 Å². The maximum Gasteiger partial charge on any atom is 0.0224 e. The summed E-state index contributed by atoms with van der Waals surface area (Å²) in [6, 6.07) is 2.26. The standard InChI is InChI=1S/C13H27N3/c1-11(14-3)6-8-15-10-13-5-4-7-16(13)9-12(15)2/h11-14H,4-10H2,1-3H3. The van der Waals surface area contributed by atoms with Gasteiger partial charge in [0, 0.05) is 37.8 Å². The molecule has 2 aliphatic heterocycles. The molecule has 3 unspecified atom stereocenters. The van der Waals surface area contributed by atoms with E-state index in [0.717, 1.165) is 12.1 Å². The van der Waals surface area contributed by atoms with Crippen LogP contribution in [0.5, 0.6) is 0 Å². The van der Waals surface area contributed by atoms with Crippen molar-refractivity contribution in [3.8, 4) is 0 Å². The van der Waals surface area contributed by atoms with E-state index in [1.807, 2.05) is 0 Å². The van der Waals surface area contributed by atoms with Crippen molar-refractivity contribution in [2.45, 2.75) is 51.2 Å². The van der Waals surface area contributed by atoms with E-state index in [1.54, 1.807) is 0 Å². The maximum absolute atomic E-state index is 3.33. The summed E-state index contributed by atoms with van der Waals surface area (Å²) in [5, 5.41) is 3.33. The molecular formula is C13H27N3. The van der Waals surface area contributed by atoms with Gasteiger partial charge in [-0.3, -0.25) is 9.80 Å². The molecule has 0 saturated carbocycles. The minimum Gasteiger partial charge on any atom is -0.317 e. The van der Waals surface area contributed by atoms with Gasteiger partial charge in [0.25, 0.3) is 0 Å². The second-order valence-electron chi connectivity index (χ2n) is 5.61. The van der Waals surface area contributed by atoms with Gasteiger partial charge in [-0.1, -0.05) is 0 Å². The lowest BCUT2D eigenvalue weighted by Gasteiger charge is -2.42. The van der Waals surface area contributed by atoms with E-state index in [4.69, 9.17) is 0 Å². The molecule has 2 aliphatic rings. The van der Waals surface area contributed by atoms with Crippen molar-refractivity contribution in [1.82, 2.24) is 15.1 Å². The van der Waals surface area contributed by atoms with Crippen molar-refractivity contribution in [3.63, 3.8) is 0 Å². The van der Waals surface area contributed by atoms with Crippen molar-refractivity contribution in [3.05, 3.63) is 0 Å². The van der Waals surface area contributed by atoms with Gasteiger partial charge in [-0.05, 0) is 46.7 Å². The highest BCUT2D eigenvalue weighted by Crippen LogP contribution is 2.24. The summed E-state index contributed by atoms with van der Waals surface area (Å²) in [4.78, 5) is 5.39. The minimum absolute atomic E-state index is 0.647. The average Bonchev–Trinajstić information content (AvgIpc) is 2.72. The number of hydrogen-bond donors (Lipinski definition) is 1. The Bertz CT molecular complexity index is 219. The lowest BCUT2D eigenvalue weighted by molar-refractivity contribution is 0.0572. The van der Waals surface area contributed by atoms with E-state index in [2.05, 4.69) is 36.0 Å². The van der Waals surface area contributed by atoms with Gasteiger partial charge in [0.1, 0.15) is 0 Å². The Morgan fingerprint density at radius 2 is 2.19 bits per heavy atom. The normalized spacial score (nSPS) is 33.9.